The minimum Gasteiger partial charge on any atom is -0.392 e. The molecule has 0 spiro atoms. The second-order valence-corrected chi connectivity index (χ2v) is 5.73. The van der Waals surface area contributed by atoms with E-state index < -0.39 is 6.10 Å². The number of nitrogens with one attached hydrogen (secondary N) is 1. The molecule has 19 heavy (non-hydrogen) atoms. The normalized spacial score (nSPS) is 19.6. The van der Waals surface area contributed by atoms with Crippen molar-refractivity contribution in [3.63, 3.8) is 0 Å². The van der Waals surface area contributed by atoms with Crippen molar-refractivity contribution in [2.24, 2.45) is 5.92 Å². The van der Waals surface area contributed by atoms with Crippen LogP contribution >= 0.6 is 11.8 Å². The van der Waals surface area contributed by atoms with Crippen molar-refractivity contribution in [3.8, 4) is 0 Å². The van der Waals surface area contributed by atoms with Crippen LogP contribution in [0.5, 0.6) is 0 Å². The van der Waals surface area contributed by atoms with Crippen molar-refractivity contribution >= 4 is 17.7 Å². The number of hydrogen-bond acceptors (Lipinski definition) is 5. The van der Waals surface area contributed by atoms with E-state index in [9.17, 15) is 9.59 Å². The molecule has 2 rings (SSSR count). The van der Waals surface area contributed by atoms with Gasteiger partial charge in [-0.25, -0.2) is 4.98 Å². The SMILES string of the molecule is Cc1cnc2n(c1=O)CC(C(=O)NCC(C)O)CS2. The second-order valence-electron chi connectivity index (χ2n) is 4.74. The van der Waals surface area contributed by atoms with Gasteiger partial charge < -0.3 is 10.4 Å². The van der Waals surface area contributed by atoms with Crippen LogP contribution < -0.4 is 10.9 Å². The highest BCUT2D eigenvalue weighted by molar-refractivity contribution is 7.99. The summed E-state index contributed by atoms with van der Waals surface area (Å²) in [6, 6.07) is 0. The molecule has 2 atom stereocenters. The van der Waals surface area contributed by atoms with Crippen LogP contribution in [0.3, 0.4) is 0 Å². The van der Waals surface area contributed by atoms with E-state index in [1.807, 2.05) is 0 Å². The van der Waals surface area contributed by atoms with Crippen molar-refractivity contribution in [2.45, 2.75) is 31.7 Å². The van der Waals surface area contributed by atoms with Gasteiger partial charge in [0.05, 0.1) is 12.0 Å². The number of rotatable bonds is 3. The lowest BCUT2D eigenvalue weighted by Crippen LogP contribution is -2.42. The van der Waals surface area contributed by atoms with E-state index in [0.717, 1.165) is 0 Å². The van der Waals surface area contributed by atoms with Crippen LogP contribution in [-0.4, -0.2) is 39.0 Å². The standard InChI is InChI=1S/C12H17N3O3S/c1-7-3-14-12-15(11(7)18)5-9(6-19-12)10(17)13-4-8(2)16/h3,8-9,16H,4-6H2,1-2H3,(H,13,17). The molecule has 0 saturated heterocycles. The van der Waals surface area contributed by atoms with Crippen LogP contribution in [0.1, 0.15) is 12.5 Å². The number of thioether (sulfide) groups is 1. The molecule has 0 aliphatic carbocycles. The molecule has 0 saturated carbocycles. The molecule has 1 aliphatic heterocycles. The molecule has 2 unspecified atom stereocenters. The first-order valence-electron chi connectivity index (χ1n) is 6.14. The number of aliphatic hydroxyl groups excluding tert-OH is 1. The zero-order valence-corrected chi connectivity index (χ0v) is 11.7. The number of carbonyl (C=O) groups excluding carboxylic acids is 1. The fourth-order valence-electron chi connectivity index (χ4n) is 1.85. The van der Waals surface area contributed by atoms with Gasteiger partial charge >= 0.3 is 0 Å². The monoisotopic (exact) mass is 283 g/mol. The van der Waals surface area contributed by atoms with E-state index in [0.29, 0.717) is 23.0 Å². The van der Waals surface area contributed by atoms with Gasteiger partial charge in [0.1, 0.15) is 0 Å². The van der Waals surface area contributed by atoms with E-state index >= 15 is 0 Å². The number of aliphatic hydroxyl groups is 1. The fourth-order valence-corrected chi connectivity index (χ4v) is 2.90. The summed E-state index contributed by atoms with van der Waals surface area (Å²) < 4.78 is 1.55. The van der Waals surface area contributed by atoms with E-state index in [-0.39, 0.29) is 23.9 Å². The van der Waals surface area contributed by atoms with Crippen LogP contribution in [0.25, 0.3) is 0 Å². The van der Waals surface area contributed by atoms with Gasteiger partial charge in [0.2, 0.25) is 5.91 Å². The van der Waals surface area contributed by atoms with Crippen molar-refractivity contribution in [2.75, 3.05) is 12.3 Å². The van der Waals surface area contributed by atoms with Gasteiger partial charge in [0.15, 0.2) is 5.16 Å². The number of aryl methyl sites for hydroxylation is 1. The van der Waals surface area contributed by atoms with Crippen molar-refractivity contribution in [3.05, 3.63) is 22.1 Å². The van der Waals surface area contributed by atoms with Crippen molar-refractivity contribution in [1.29, 1.82) is 0 Å². The smallest absolute Gasteiger partial charge is 0.257 e. The van der Waals surface area contributed by atoms with Gasteiger partial charge in [-0.1, -0.05) is 11.8 Å². The summed E-state index contributed by atoms with van der Waals surface area (Å²) in [4.78, 5) is 28.1. The molecule has 2 N–H and O–H groups in total. The molecule has 1 aliphatic rings. The van der Waals surface area contributed by atoms with E-state index in [1.54, 1.807) is 24.6 Å². The fraction of sp³-hybridized carbons (Fsp3) is 0.583. The predicted molar refractivity (Wildman–Crippen MR) is 72.1 cm³/mol. The summed E-state index contributed by atoms with van der Waals surface area (Å²) in [5.74, 6) is 0.200. The number of nitrogens with zero attached hydrogens (tertiary/aromatic N) is 2. The lowest BCUT2D eigenvalue weighted by Gasteiger charge is -2.24. The maximum absolute atomic E-state index is 12.0. The lowest BCUT2D eigenvalue weighted by atomic mass is 10.1. The average Bonchev–Trinajstić information content (AvgIpc) is 2.40. The minimum absolute atomic E-state index is 0.0921. The maximum Gasteiger partial charge on any atom is 0.257 e. The molecular weight excluding hydrogens is 266 g/mol. The highest BCUT2D eigenvalue weighted by Crippen LogP contribution is 2.24. The molecule has 104 valence electrons. The summed E-state index contributed by atoms with van der Waals surface area (Å²) >= 11 is 1.41. The molecule has 2 heterocycles. The van der Waals surface area contributed by atoms with Crippen molar-refractivity contribution < 1.29 is 9.90 Å². The second kappa shape index (κ2) is 5.75. The molecule has 6 nitrogen and oxygen atoms in total. The van der Waals surface area contributed by atoms with E-state index in [2.05, 4.69) is 10.3 Å². The summed E-state index contributed by atoms with van der Waals surface area (Å²) in [6.45, 7) is 3.91. The zero-order chi connectivity index (χ0) is 14.0. The number of hydrogen-bond donors (Lipinski definition) is 2. The highest BCUT2D eigenvalue weighted by atomic mass is 32.2. The molecule has 0 radical (unpaired) electrons. The summed E-state index contributed by atoms with van der Waals surface area (Å²) in [7, 11) is 0. The third kappa shape index (κ3) is 3.16. The molecule has 7 heteroatoms. The van der Waals surface area contributed by atoms with Gasteiger partial charge in [0.25, 0.3) is 5.56 Å². The Kier molecular flexibility index (Phi) is 4.26. The van der Waals surface area contributed by atoms with Gasteiger partial charge in [-0.3, -0.25) is 14.2 Å². The zero-order valence-electron chi connectivity index (χ0n) is 10.9. The molecular formula is C12H17N3O3S. The lowest BCUT2D eigenvalue weighted by molar-refractivity contribution is -0.125. The van der Waals surface area contributed by atoms with Crippen LogP contribution in [0.15, 0.2) is 16.1 Å². The first-order chi connectivity index (χ1) is 8.99. The summed E-state index contributed by atoms with van der Waals surface area (Å²) in [5.41, 5.74) is 0.486. The van der Waals surface area contributed by atoms with E-state index in [1.165, 1.54) is 11.8 Å². The third-order valence-corrected chi connectivity index (χ3v) is 4.09. The maximum atomic E-state index is 12.0. The Morgan fingerprint density at radius 1 is 1.74 bits per heavy atom. The van der Waals surface area contributed by atoms with E-state index in [4.69, 9.17) is 5.11 Å². The quantitative estimate of drug-likeness (QED) is 0.749. The van der Waals surface area contributed by atoms with Gasteiger partial charge in [-0.2, -0.15) is 0 Å². The molecule has 0 aromatic carbocycles. The van der Waals surface area contributed by atoms with Crippen LogP contribution in [0, 0.1) is 12.8 Å². The number of aromatic nitrogens is 2. The highest BCUT2D eigenvalue weighted by Gasteiger charge is 2.26. The number of carbonyl (C=O) groups is 1. The average molecular weight is 283 g/mol. The topological polar surface area (TPSA) is 84.2 Å². The molecule has 1 aromatic rings. The molecule has 1 aromatic heterocycles. The number of fused-ring (bicyclic) bond motifs is 1. The van der Waals surface area contributed by atoms with Crippen LogP contribution in [-0.2, 0) is 11.3 Å². The third-order valence-electron chi connectivity index (χ3n) is 2.94. The summed E-state index contributed by atoms with van der Waals surface area (Å²) in [5, 5.41) is 12.5. The largest absolute Gasteiger partial charge is 0.392 e. The Morgan fingerprint density at radius 3 is 3.16 bits per heavy atom. The minimum atomic E-state index is -0.570. The van der Waals surface area contributed by atoms with Crippen LogP contribution in [0.4, 0.5) is 0 Å². The molecule has 0 fully saturated rings. The Morgan fingerprint density at radius 2 is 2.47 bits per heavy atom. The first-order valence-corrected chi connectivity index (χ1v) is 7.12. The number of amides is 1. The van der Waals surface area contributed by atoms with Gasteiger partial charge in [-0.05, 0) is 13.8 Å². The molecule has 0 bridgehead atoms. The summed E-state index contributed by atoms with van der Waals surface area (Å²) in [6.07, 6.45) is 0.994. The van der Waals surface area contributed by atoms with Crippen molar-refractivity contribution in [1.82, 2.24) is 14.9 Å². The predicted octanol–water partition coefficient (Wildman–Crippen LogP) is -0.229. The van der Waals surface area contributed by atoms with Gasteiger partial charge in [-0.15, -0.1) is 0 Å². The van der Waals surface area contributed by atoms with Gasteiger partial charge in [0, 0.05) is 30.6 Å². The Hall–Kier alpha value is -1.34. The Bertz CT molecular complexity index is 542. The Labute approximate surface area is 115 Å². The Balaban J connectivity index is 2.11. The first kappa shape index (κ1) is 14.1. The van der Waals surface area contributed by atoms with Crippen LogP contribution in [0.2, 0.25) is 0 Å². The molecule has 1 amide bonds.